The summed E-state index contributed by atoms with van der Waals surface area (Å²) in [7, 11) is 1.43. The summed E-state index contributed by atoms with van der Waals surface area (Å²) in [5.74, 6) is -1.04. The molecule has 1 aromatic carbocycles. The largest absolute Gasteiger partial charge is 0.416 e. The van der Waals surface area contributed by atoms with Crippen molar-refractivity contribution < 1.29 is 27.6 Å². The molecule has 8 nitrogen and oxygen atoms in total. The highest BCUT2D eigenvalue weighted by Crippen LogP contribution is 2.41. The molecular formula is C22H20F3N5O3. The van der Waals surface area contributed by atoms with Crippen LogP contribution in [0, 0.1) is 0 Å². The molecule has 0 unspecified atom stereocenters. The lowest BCUT2D eigenvalue weighted by molar-refractivity contribution is -0.138. The van der Waals surface area contributed by atoms with E-state index in [1.54, 1.807) is 24.5 Å². The van der Waals surface area contributed by atoms with Crippen molar-refractivity contribution >= 4 is 17.8 Å². The SMILES string of the molecule is CN1C(=O)N[C@@H](c2ccccc2C(F)(F)F)C2=C1CN(CC(=O)NCc1cccnc1)C2=O. The Balaban J connectivity index is 1.56. The number of rotatable bonds is 5. The average molecular weight is 459 g/mol. The van der Waals surface area contributed by atoms with Crippen LogP contribution in [0.4, 0.5) is 18.0 Å². The van der Waals surface area contributed by atoms with Gasteiger partial charge in [0, 0.05) is 26.0 Å². The Morgan fingerprint density at radius 3 is 2.67 bits per heavy atom. The molecule has 1 atom stereocenters. The fourth-order valence-electron chi connectivity index (χ4n) is 3.92. The summed E-state index contributed by atoms with van der Waals surface area (Å²) in [6, 6.07) is 6.39. The third-order valence-electron chi connectivity index (χ3n) is 5.56. The smallest absolute Gasteiger partial charge is 0.350 e. The van der Waals surface area contributed by atoms with Crippen LogP contribution in [0.1, 0.15) is 22.7 Å². The van der Waals surface area contributed by atoms with E-state index in [1.807, 2.05) is 0 Å². The zero-order chi connectivity index (χ0) is 23.8. The first-order valence-electron chi connectivity index (χ1n) is 10.0. The number of nitrogens with zero attached hydrogens (tertiary/aromatic N) is 3. The van der Waals surface area contributed by atoms with Gasteiger partial charge in [-0.3, -0.25) is 19.5 Å². The van der Waals surface area contributed by atoms with Gasteiger partial charge in [0.05, 0.1) is 29.4 Å². The number of benzene rings is 1. The molecule has 2 aliphatic heterocycles. The molecule has 2 aromatic rings. The van der Waals surface area contributed by atoms with Gasteiger partial charge in [-0.25, -0.2) is 4.79 Å². The highest BCUT2D eigenvalue weighted by molar-refractivity contribution is 6.03. The summed E-state index contributed by atoms with van der Waals surface area (Å²) in [5, 5.41) is 5.17. The van der Waals surface area contributed by atoms with Crippen molar-refractivity contribution in [2.45, 2.75) is 18.8 Å². The van der Waals surface area contributed by atoms with Crippen LogP contribution in [0.5, 0.6) is 0 Å². The van der Waals surface area contributed by atoms with Gasteiger partial charge in [-0.15, -0.1) is 0 Å². The topological polar surface area (TPSA) is 94.6 Å². The minimum atomic E-state index is -4.67. The molecule has 11 heteroatoms. The van der Waals surface area contributed by atoms with Crippen molar-refractivity contribution in [2.24, 2.45) is 0 Å². The summed E-state index contributed by atoms with van der Waals surface area (Å²) in [4.78, 5) is 44.4. The lowest BCUT2D eigenvalue weighted by atomic mass is 9.92. The molecule has 0 fully saturated rings. The normalized spacial score (nSPS) is 18.4. The van der Waals surface area contributed by atoms with Crippen LogP contribution in [0.25, 0.3) is 0 Å². The fourth-order valence-corrected chi connectivity index (χ4v) is 3.92. The number of aromatic nitrogens is 1. The van der Waals surface area contributed by atoms with E-state index < -0.39 is 35.6 Å². The van der Waals surface area contributed by atoms with Crippen LogP contribution in [-0.4, -0.2) is 52.8 Å². The zero-order valence-electron chi connectivity index (χ0n) is 17.5. The first-order chi connectivity index (χ1) is 15.7. The minimum absolute atomic E-state index is 0.0221. The molecule has 4 amide bonds. The molecule has 0 radical (unpaired) electrons. The van der Waals surface area contributed by atoms with Gasteiger partial charge in [0.15, 0.2) is 0 Å². The molecule has 4 rings (SSSR count). The van der Waals surface area contributed by atoms with Crippen molar-refractivity contribution in [3.8, 4) is 0 Å². The monoisotopic (exact) mass is 459 g/mol. The Morgan fingerprint density at radius 2 is 1.97 bits per heavy atom. The van der Waals surface area contributed by atoms with E-state index in [-0.39, 0.29) is 36.5 Å². The number of amides is 4. The zero-order valence-corrected chi connectivity index (χ0v) is 17.5. The second kappa shape index (κ2) is 8.57. The maximum Gasteiger partial charge on any atom is 0.416 e. The average Bonchev–Trinajstić information content (AvgIpc) is 3.11. The van der Waals surface area contributed by atoms with Gasteiger partial charge in [-0.05, 0) is 23.3 Å². The van der Waals surface area contributed by atoms with E-state index in [0.717, 1.165) is 11.6 Å². The predicted molar refractivity (Wildman–Crippen MR) is 110 cm³/mol. The molecule has 2 aliphatic rings. The lowest BCUT2D eigenvalue weighted by Crippen LogP contribution is -2.45. The summed E-state index contributed by atoms with van der Waals surface area (Å²) < 4.78 is 40.8. The van der Waals surface area contributed by atoms with Crippen molar-refractivity contribution in [3.05, 3.63) is 76.8 Å². The van der Waals surface area contributed by atoms with Gasteiger partial charge in [-0.1, -0.05) is 24.3 Å². The van der Waals surface area contributed by atoms with Crippen molar-refractivity contribution in [1.29, 1.82) is 0 Å². The molecule has 0 aliphatic carbocycles. The Bertz CT molecular complexity index is 1130. The van der Waals surface area contributed by atoms with Gasteiger partial charge in [0.25, 0.3) is 5.91 Å². The maximum absolute atomic E-state index is 13.6. The third-order valence-corrected chi connectivity index (χ3v) is 5.56. The van der Waals surface area contributed by atoms with Crippen LogP contribution in [-0.2, 0) is 22.3 Å². The number of carbonyl (C=O) groups excluding carboxylic acids is 3. The van der Waals surface area contributed by atoms with Crippen molar-refractivity contribution in [2.75, 3.05) is 20.1 Å². The number of hydrogen-bond donors (Lipinski definition) is 2. The van der Waals surface area contributed by atoms with Gasteiger partial charge in [0.2, 0.25) is 5.91 Å². The number of pyridine rings is 1. The van der Waals surface area contributed by atoms with Crippen LogP contribution >= 0.6 is 0 Å². The van der Waals surface area contributed by atoms with Crippen LogP contribution in [0.2, 0.25) is 0 Å². The quantitative estimate of drug-likeness (QED) is 0.717. The van der Waals surface area contributed by atoms with E-state index in [2.05, 4.69) is 15.6 Å². The number of likely N-dealkylation sites (N-methyl/N-ethyl adjacent to an activating group) is 1. The number of nitrogens with one attached hydrogen (secondary N) is 2. The van der Waals surface area contributed by atoms with E-state index in [0.29, 0.717) is 0 Å². The number of halogens is 3. The summed E-state index contributed by atoms with van der Waals surface area (Å²) >= 11 is 0. The van der Waals surface area contributed by atoms with E-state index in [1.165, 1.54) is 35.0 Å². The molecule has 172 valence electrons. The van der Waals surface area contributed by atoms with Crippen LogP contribution < -0.4 is 10.6 Å². The Kier molecular flexibility index (Phi) is 5.79. The Labute approximate surface area is 187 Å². The molecule has 0 saturated heterocycles. The van der Waals surface area contributed by atoms with E-state index >= 15 is 0 Å². The van der Waals surface area contributed by atoms with E-state index in [4.69, 9.17) is 0 Å². The first-order valence-corrected chi connectivity index (χ1v) is 10.0. The molecule has 2 N–H and O–H groups in total. The van der Waals surface area contributed by atoms with Gasteiger partial charge < -0.3 is 15.5 Å². The third kappa shape index (κ3) is 4.38. The standard InChI is InChI=1S/C22H20F3N5O3/c1-29-16-11-30(12-17(31)27-10-13-5-4-8-26-9-13)20(32)18(16)19(28-21(29)33)14-6-2-3-7-15(14)22(23,24)25/h2-9,19H,10-12H2,1H3,(H,27,31)(H,28,33)/t19-/m0/s1. The number of alkyl halides is 3. The molecule has 0 bridgehead atoms. The van der Waals surface area contributed by atoms with Gasteiger partial charge in [0.1, 0.15) is 6.54 Å². The van der Waals surface area contributed by atoms with Crippen LogP contribution in [0.15, 0.2) is 60.1 Å². The minimum Gasteiger partial charge on any atom is -0.350 e. The number of hydrogen-bond acceptors (Lipinski definition) is 4. The second-order valence-corrected chi connectivity index (χ2v) is 7.69. The maximum atomic E-state index is 13.6. The number of urea groups is 1. The second-order valence-electron chi connectivity index (χ2n) is 7.69. The van der Waals surface area contributed by atoms with Crippen molar-refractivity contribution in [3.63, 3.8) is 0 Å². The molecule has 1 aromatic heterocycles. The molecule has 0 spiro atoms. The van der Waals surface area contributed by atoms with Crippen molar-refractivity contribution in [1.82, 2.24) is 25.4 Å². The Hall–Kier alpha value is -3.89. The fraction of sp³-hybridized carbons (Fsp3) is 0.273. The summed E-state index contributed by atoms with van der Waals surface area (Å²) in [6.07, 6.45) is -1.47. The molecule has 3 heterocycles. The number of carbonyl (C=O) groups is 3. The van der Waals surface area contributed by atoms with Crippen LogP contribution in [0.3, 0.4) is 0 Å². The summed E-state index contributed by atoms with van der Waals surface area (Å²) in [6.45, 7) is -0.159. The summed E-state index contributed by atoms with van der Waals surface area (Å²) in [5.41, 5.74) is -0.101. The molecule has 33 heavy (non-hydrogen) atoms. The lowest BCUT2D eigenvalue weighted by Gasteiger charge is -2.32. The predicted octanol–water partition coefficient (Wildman–Crippen LogP) is 2.21. The Morgan fingerprint density at radius 1 is 1.21 bits per heavy atom. The molecular weight excluding hydrogens is 439 g/mol. The van der Waals surface area contributed by atoms with E-state index in [9.17, 15) is 27.6 Å². The highest BCUT2D eigenvalue weighted by Gasteiger charge is 2.45. The highest BCUT2D eigenvalue weighted by atomic mass is 19.4. The van der Waals surface area contributed by atoms with Gasteiger partial charge >= 0.3 is 12.2 Å². The molecule has 0 saturated carbocycles. The van der Waals surface area contributed by atoms with Gasteiger partial charge in [-0.2, -0.15) is 13.2 Å². The first kappa shape index (κ1) is 22.3.